The molecule has 0 fully saturated rings. The van der Waals surface area contributed by atoms with Crippen molar-refractivity contribution < 1.29 is 14.6 Å². The molecule has 1 amide bonds. The van der Waals surface area contributed by atoms with E-state index in [4.69, 9.17) is 16.3 Å². The number of halogens is 1. The normalized spacial score (nSPS) is 11.8. The van der Waals surface area contributed by atoms with Crippen molar-refractivity contribution >= 4 is 17.5 Å². The lowest BCUT2D eigenvalue weighted by Crippen LogP contribution is -2.28. The summed E-state index contributed by atoms with van der Waals surface area (Å²) in [6.45, 7) is 2.41. The van der Waals surface area contributed by atoms with Crippen LogP contribution in [0.15, 0.2) is 48.5 Å². The molecule has 2 N–H and O–H groups in total. The van der Waals surface area contributed by atoms with Crippen LogP contribution in [0.3, 0.4) is 0 Å². The van der Waals surface area contributed by atoms with Crippen molar-refractivity contribution in [2.75, 3.05) is 13.2 Å². The predicted octanol–water partition coefficient (Wildman–Crippen LogP) is 3.20. The number of aliphatic hydroxyl groups excluding tert-OH is 1. The Kier molecular flexibility index (Phi) is 5.81. The second-order valence-electron chi connectivity index (χ2n) is 4.68. The number of hydrogen-bond acceptors (Lipinski definition) is 3. The van der Waals surface area contributed by atoms with Crippen LogP contribution in [0, 0.1) is 0 Å². The first-order chi connectivity index (χ1) is 10.6. The van der Waals surface area contributed by atoms with Crippen LogP contribution in [-0.4, -0.2) is 24.2 Å². The number of amides is 1. The number of carbonyl (C=O) groups excluding carboxylic acids is 1. The summed E-state index contributed by atoms with van der Waals surface area (Å²) < 4.78 is 5.42. The first-order valence-electron chi connectivity index (χ1n) is 7.06. The Morgan fingerprint density at radius 2 is 1.91 bits per heavy atom. The summed E-state index contributed by atoms with van der Waals surface area (Å²) in [6.07, 6.45) is -0.864. The Labute approximate surface area is 134 Å². The van der Waals surface area contributed by atoms with Crippen LogP contribution in [0.2, 0.25) is 5.02 Å². The van der Waals surface area contributed by atoms with Crippen molar-refractivity contribution in [1.29, 1.82) is 0 Å². The Bertz CT molecular complexity index is 645. The van der Waals surface area contributed by atoms with Crippen LogP contribution in [-0.2, 0) is 0 Å². The molecule has 0 aromatic heterocycles. The summed E-state index contributed by atoms with van der Waals surface area (Å²) in [5, 5.41) is 13.3. The predicted molar refractivity (Wildman–Crippen MR) is 86.4 cm³/mol. The molecule has 22 heavy (non-hydrogen) atoms. The minimum absolute atomic E-state index is 0.0724. The molecular weight excluding hydrogens is 302 g/mol. The van der Waals surface area contributed by atoms with E-state index in [0.29, 0.717) is 28.5 Å². The van der Waals surface area contributed by atoms with Crippen molar-refractivity contribution in [1.82, 2.24) is 5.32 Å². The molecule has 1 atom stereocenters. The maximum atomic E-state index is 12.2. The number of nitrogens with one attached hydrogen (secondary N) is 1. The molecule has 0 saturated heterocycles. The largest absolute Gasteiger partial charge is 0.493 e. The number of benzene rings is 2. The highest BCUT2D eigenvalue weighted by molar-refractivity contribution is 6.31. The smallest absolute Gasteiger partial charge is 0.255 e. The molecule has 0 radical (unpaired) electrons. The van der Waals surface area contributed by atoms with Crippen LogP contribution >= 0.6 is 11.6 Å². The zero-order chi connectivity index (χ0) is 15.9. The third kappa shape index (κ3) is 4.00. The molecule has 0 heterocycles. The van der Waals surface area contributed by atoms with Gasteiger partial charge in [-0.1, -0.05) is 41.9 Å². The number of carbonyl (C=O) groups is 1. The van der Waals surface area contributed by atoms with Gasteiger partial charge in [-0.15, -0.1) is 0 Å². The fraction of sp³-hybridized carbons (Fsp3) is 0.235. The van der Waals surface area contributed by atoms with E-state index in [9.17, 15) is 9.90 Å². The molecule has 2 aromatic rings. The van der Waals surface area contributed by atoms with E-state index >= 15 is 0 Å². The number of ether oxygens (including phenoxy) is 1. The van der Waals surface area contributed by atoms with Gasteiger partial charge in [-0.3, -0.25) is 4.79 Å². The van der Waals surface area contributed by atoms with E-state index in [1.807, 2.05) is 6.92 Å². The second-order valence-corrected chi connectivity index (χ2v) is 5.08. The quantitative estimate of drug-likeness (QED) is 0.859. The van der Waals surface area contributed by atoms with Gasteiger partial charge >= 0.3 is 0 Å². The highest BCUT2D eigenvalue weighted by Gasteiger charge is 2.15. The molecule has 2 aromatic carbocycles. The van der Waals surface area contributed by atoms with Crippen LogP contribution in [0.4, 0.5) is 0 Å². The Morgan fingerprint density at radius 1 is 1.23 bits per heavy atom. The zero-order valence-corrected chi connectivity index (χ0v) is 13.0. The summed E-state index contributed by atoms with van der Waals surface area (Å²) in [5.74, 6) is 0.227. The minimum Gasteiger partial charge on any atom is -0.493 e. The average molecular weight is 320 g/mol. The average Bonchev–Trinajstić information content (AvgIpc) is 2.53. The van der Waals surface area contributed by atoms with Gasteiger partial charge in [-0.25, -0.2) is 0 Å². The highest BCUT2D eigenvalue weighted by atomic mass is 35.5. The number of rotatable bonds is 6. The second kappa shape index (κ2) is 7.82. The molecule has 0 spiro atoms. The van der Waals surface area contributed by atoms with Gasteiger partial charge in [0, 0.05) is 17.1 Å². The first-order valence-corrected chi connectivity index (χ1v) is 7.43. The lowest BCUT2D eigenvalue weighted by atomic mass is 10.1. The van der Waals surface area contributed by atoms with Gasteiger partial charge < -0.3 is 15.2 Å². The van der Waals surface area contributed by atoms with Crippen molar-refractivity contribution in [3.05, 3.63) is 64.7 Å². The number of aliphatic hydroxyl groups is 1. The Morgan fingerprint density at radius 3 is 2.64 bits per heavy atom. The zero-order valence-electron chi connectivity index (χ0n) is 12.3. The van der Waals surface area contributed by atoms with E-state index < -0.39 is 6.10 Å². The SMILES string of the molecule is CCOc1ccccc1C(=O)NCC(O)c1ccccc1Cl. The lowest BCUT2D eigenvalue weighted by molar-refractivity contribution is 0.0912. The summed E-state index contributed by atoms with van der Waals surface area (Å²) >= 11 is 6.03. The molecular formula is C17H18ClNO3. The van der Waals surface area contributed by atoms with Crippen LogP contribution in [0.5, 0.6) is 5.75 Å². The third-order valence-corrected chi connectivity index (χ3v) is 3.50. The molecule has 0 aliphatic carbocycles. The van der Waals surface area contributed by atoms with E-state index in [0.717, 1.165) is 0 Å². The van der Waals surface area contributed by atoms with E-state index in [2.05, 4.69) is 5.32 Å². The first kappa shape index (κ1) is 16.3. The minimum atomic E-state index is -0.864. The Balaban J connectivity index is 2.03. The van der Waals surface area contributed by atoms with Gasteiger partial charge in [0.2, 0.25) is 0 Å². The topological polar surface area (TPSA) is 58.6 Å². The van der Waals surface area contributed by atoms with Gasteiger partial charge in [0.25, 0.3) is 5.91 Å². The maximum Gasteiger partial charge on any atom is 0.255 e. The van der Waals surface area contributed by atoms with Crippen molar-refractivity contribution in [3.63, 3.8) is 0 Å². The fourth-order valence-electron chi connectivity index (χ4n) is 2.08. The van der Waals surface area contributed by atoms with Gasteiger partial charge in [0.15, 0.2) is 0 Å². The maximum absolute atomic E-state index is 12.2. The van der Waals surface area contributed by atoms with E-state index in [-0.39, 0.29) is 12.5 Å². The summed E-state index contributed by atoms with van der Waals surface area (Å²) in [6, 6.07) is 14.0. The van der Waals surface area contributed by atoms with Crippen molar-refractivity contribution in [2.45, 2.75) is 13.0 Å². The van der Waals surface area contributed by atoms with Crippen molar-refractivity contribution in [3.8, 4) is 5.75 Å². The molecule has 0 aliphatic heterocycles. The summed E-state index contributed by atoms with van der Waals surface area (Å²) in [4.78, 5) is 12.2. The van der Waals surface area contributed by atoms with Gasteiger partial charge in [-0.05, 0) is 25.1 Å². The molecule has 0 aliphatic rings. The standard InChI is InChI=1S/C17H18ClNO3/c1-2-22-16-10-6-4-8-13(16)17(21)19-11-15(20)12-7-3-5-9-14(12)18/h3-10,15,20H,2,11H2,1H3,(H,19,21). The molecule has 116 valence electrons. The number of para-hydroxylation sites is 1. The van der Waals surface area contributed by atoms with Crippen molar-refractivity contribution in [2.24, 2.45) is 0 Å². The van der Waals surface area contributed by atoms with Crippen LogP contribution < -0.4 is 10.1 Å². The Hall–Kier alpha value is -2.04. The van der Waals surface area contributed by atoms with Crippen LogP contribution in [0.1, 0.15) is 28.9 Å². The van der Waals surface area contributed by atoms with E-state index in [1.54, 1.807) is 48.5 Å². The molecule has 0 bridgehead atoms. The van der Waals surface area contributed by atoms with Gasteiger partial charge in [-0.2, -0.15) is 0 Å². The van der Waals surface area contributed by atoms with E-state index in [1.165, 1.54) is 0 Å². The third-order valence-electron chi connectivity index (χ3n) is 3.15. The summed E-state index contributed by atoms with van der Waals surface area (Å²) in [7, 11) is 0. The van der Waals surface area contributed by atoms with Gasteiger partial charge in [0.05, 0.1) is 18.3 Å². The molecule has 5 heteroatoms. The molecule has 4 nitrogen and oxygen atoms in total. The lowest BCUT2D eigenvalue weighted by Gasteiger charge is -2.15. The molecule has 1 unspecified atom stereocenters. The molecule has 0 saturated carbocycles. The van der Waals surface area contributed by atoms with Crippen LogP contribution in [0.25, 0.3) is 0 Å². The van der Waals surface area contributed by atoms with Gasteiger partial charge in [0.1, 0.15) is 5.75 Å². The number of hydrogen-bond donors (Lipinski definition) is 2. The fourth-order valence-corrected chi connectivity index (χ4v) is 2.34. The summed E-state index contributed by atoms with van der Waals surface area (Å²) in [5.41, 5.74) is 1.03. The molecule has 2 rings (SSSR count). The monoisotopic (exact) mass is 319 g/mol. The highest BCUT2D eigenvalue weighted by Crippen LogP contribution is 2.22.